The molecule has 1 aliphatic heterocycles. The largest absolute Gasteiger partial charge is 0.346 e. The summed E-state index contributed by atoms with van der Waals surface area (Å²) in [6.45, 7) is 13.5. The van der Waals surface area contributed by atoms with Gasteiger partial charge < -0.3 is 10.6 Å². The van der Waals surface area contributed by atoms with E-state index in [1.807, 2.05) is 20.9 Å². The van der Waals surface area contributed by atoms with E-state index in [9.17, 15) is 0 Å². The van der Waals surface area contributed by atoms with E-state index in [0.29, 0.717) is 5.92 Å². The Morgan fingerprint density at radius 1 is 0.973 bits per heavy atom. The minimum absolute atomic E-state index is 0.147. The second-order valence-electron chi connectivity index (χ2n) is 9.93. The van der Waals surface area contributed by atoms with Gasteiger partial charge in [-0.1, -0.05) is 89.5 Å². The van der Waals surface area contributed by atoms with E-state index >= 15 is 0 Å². The molecule has 1 heterocycles. The van der Waals surface area contributed by atoms with Crippen LogP contribution in [-0.2, 0) is 0 Å². The van der Waals surface area contributed by atoms with Crippen LogP contribution in [0, 0.1) is 5.92 Å². The highest BCUT2D eigenvalue weighted by molar-refractivity contribution is 7.97. The van der Waals surface area contributed by atoms with Crippen molar-refractivity contribution in [2.75, 3.05) is 13.6 Å². The highest BCUT2D eigenvalue weighted by Crippen LogP contribution is 2.24. The van der Waals surface area contributed by atoms with E-state index in [2.05, 4.69) is 97.7 Å². The summed E-state index contributed by atoms with van der Waals surface area (Å²) in [4.78, 5) is 10.8. The van der Waals surface area contributed by atoms with E-state index in [0.717, 1.165) is 24.3 Å². The number of nitrogens with one attached hydrogen (secondary N) is 3. The van der Waals surface area contributed by atoms with Crippen molar-refractivity contribution >= 4 is 23.7 Å². The third-order valence-electron chi connectivity index (χ3n) is 6.33. The van der Waals surface area contributed by atoms with E-state index in [4.69, 9.17) is 9.98 Å². The molecule has 37 heavy (non-hydrogen) atoms. The fraction of sp³-hybridized carbons (Fsp3) is 0.548. The van der Waals surface area contributed by atoms with Crippen molar-refractivity contribution in [2.45, 2.75) is 96.5 Å². The standard InChI is InChI=1S/C19H28N4.C10H15NS.C2H6/c1-14(2)21-18-16-11-7-4-8-12-17(16)22-19(23-18)20-13-15-9-5-3-6-10-15;1-8(2)9-4-6-10(7-5-9)12-11-3;1-2/h4,7-8,11-12,14-15,17H,3,5-6,9-10,13H2,1-2H3,(H2,20,21,22,23);4-8,11H,1-3H3;1-2H3. The molecule has 1 unspecified atom stereocenters. The van der Waals surface area contributed by atoms with Crippen LogP contribution in [0.3, 0.4) is 0 Å². The molecule has 3 N–H and O–H groups in total. The summed E-state index contributed by atoms with van der Waals surface area (Å²) in [5.41, 5.74) is 2.58. The molecule has 6 heteroatoms. The Morgan fingerprint density at radius 3 is 2.30 bits per heavy atom. The average molecular weight is 524 g/mol. The van der Waals surface area contributed by atoms with Crippen molar-refractivity contribution in [3.05, 3.63) is 65.8 Å². The summed E-state index contributed by atoms with van der Waals surface area (Å²) in [6.07, 6.45) is 17.3. The summed E-state index contributed by atoms with van der Waals surface area (Å²) < 4.78 is 3.05. The van der Waals surface area contributed by atoms with Gasteiger partial charge >= 0.3 is 0 Å². The predicted molar refractivity (Wildman–Crippen MR) is 165 cm³/mol. The lowest BCUT2D eigenvalue weighted by Gasteiger charge is -2.30. The number of rotatable bonds is 6. The number of guanidine groups is 1. The fourth-order valence-electron chi connectivity index (χ4n) is 4.40. The zero-order chi connectivity index (χ0) is 27.0. The van der Waals surface area contributed by atoms with Crippen LogP contribution in [0.4, 0.5) is 0 Å². The number of hydrogen-bond donors (Lipinski definition) is 3. The minimum atomic E-state index is 0.147. The third-order valence-corrected chi connectivity index (χ3v) is 7.04. The second-order valence-corrected chi connectivity index (χ2v) is 11.0. The van der Waals surface area contributed by atoms with Gasteiger partial charge in [-0.2, -0.15) is 0 Å². The topological polar surface area (TPSA) is 60.8 Å². The summed E-state index contributed by atoms with van der Waals surface area (Å²) in [6, 6.07) is 9.07. The predicted octanol–water partition coefficient (Wildman–Crippen LogP) is 7.41. The molecule has 1 saturated carbocycles. The van der Waals surface area contributed by atoms with Gasteiger partial charge in [0.15, 0.2) is 5.96 Å². The molecule has 0 radical (unpaired) electrons. The first-order valence-electron chi connectivity index (χ1n) is 14.1. The first kappa shape index (κ1) is 30.9. The molecular weight excluding hydrogens is 474 g/mol. The van der Waals surface area contributed by atoms with Crippen molar-refractivity contribution in [1.29, 1.82) is 0 Å². The molecule has 0 bridgehead atoms. The van der Waals surface area contributed by atoms with E-state index in [-0.39, 0.29) is 12.1 Å². The summed E-state index contributed by atoms with van der Waals surface area (Å²) in [5.74, 6) is 3.18. The summed E-state index contributed by atoms with van der Waals surface area (Å²) >= 11 is 1.65. The first-order chi connectivity index (χ1) is 18.0. The van der Waals surface area contributed by atoms with Crippen molar-refractivity contribution in [3.63, 3.8) is 0 Å². The Morgan fingerprint density at radius 2 is 1.68 bits per heavy atom. The molecule has 1 saturated heterocycles. The number of nitrogens with zero attached hydrogens (tertiary/aromatic N) is 2. The first-order valence-corrected chi connectivity index (χ1v) is 14.9. The van der Waals surface area contributed by atoms with E-state index < -0.39 is 0 Å². The maximum Gasteiger partial charge on any atom is 0.197 e. The Balaban J connectivity index is 0.000000291. The van der Waals surface area contributed by atoms with Gasteiger partial charge in [0.05, 0.1) is 6.04 Å². The van der Waals surface area contributed by atoms with Gasteiger partial charge in [-0.3, -0.25) is 14.7 Å². The SMILES string of the molecule is CC.CC(C)N=C1NC(=NCC2CCCCC2)NC2C=CC=CC=C12.CNSc1ccc(C(C)C)cc1. The molecule has 4 rings (SSSR count). The molecule has 1 atom stereocenters. The van der Waals surface area contributed by atoms with Crippen LogP contribution in [0.5, 0.6) is 0 Å². The third kappa shape index (κ3) is 10.9. The zero-order valence-electron chi connectivity index (χ0n) is 24.1. The minimum Gasteiger partial charge on any atom is -0.346 e. The van der Waals surface area contributed by atoms with Crippen LogP contribution in [0.25, 0.3) is 0 Å². The van der Waals surface area contributed by atoms with Crippen LogP contribution < -0.4 is 15.4 Å². The molecule has 5 nitrogen and oxygen atoms in total. The number of amidine groups is 1. The number of aliphatic imine (C=N–C) groups is 2. The maximum atomic E-state index is 4.82. The van der Waals surface area contributed by atoms with Crippen LogP contribution in [0.1, 0.15) is 85.1 Å². The van der Waals surface area contributed by atoms with Gasteiger partial charge in [-0.15, -0.1) is 0 Å². The molecule has 0 amide bonds. The molecular formula is C31H49N5S. The molecule has 0 spiro atoms. The van der Waals surface area contributed by atoms with Crippen molar-refractivity contribution in [1.82, 2.24) is 15.4 Å². The maximum absolute atomic E-state index is 4.82. The fourth-order valence-corrected chi connectivity index (χ4v) is 4.91. The second kappa shape index (κ2) is 17.2. The Kier molecular flexibility index (Phi) is 14.4. The lowest BCUT2D eigenvalue weighted by Crippen LogP contribution is -2.54. The molecule has 2 fully saturated rings. The normalized spacial score (nSPS) is 21.2. The molecule has 3 aliphatic rings. The Labute approximate surface area is 230 Å². The Hall–Kier alpha value is -2.31. The van der Waals surface area contributed by atoms with Gasteiger partial charge in [0.2, 0.25) is 0 Å². The van der Waals surface area contributed by atoms with Crippen LogP contribution in [0.2, 0.25) is 0 Å². The van der Waals surface area contributed by atoms with Crippen LogP contribution in [-0.4, -0.2) is 37.5 Å². The zero-order valence-corrected chi connectivity index (χ0v) is 24.9. The molecule has 1 aromatic carbocycles. The van der Waals surface area contributed by atoms with Gasteiger partial charge in [-0.05, 0) is 75.2 Å². The monoisotopic (exact) mass is 523 g/mol. The van der Waals surface area contributed by atoms with Crippen molar-refractivity contribution in [2.24, 2.45) is 15.9 Å². The average Bonchev–Trinajstić information content (AvgIpc) is 3.16. The highest BCUT2D eigenvalue weighted by atomic mass is 32.2. The number of benzene rings is 1. The lowest BCUT2D eigenvalue weighted by atomic mass is 9.89. The number of hydrogen-bond acceptors (Lipinski definition) is 4. The summed E-state index contributed by atoms with van der Waals surface area (Å²) in [7, 11) is 1.93. The van der Waals surface area contributed by atoms with Gasteiger partial charge in [0.1, 0.15) is 5.84 Å². The van der Waals surface area contributed by atoms with Crippen LogP contribution >= 0.6 is 11.9 Å². The number of allylic oxidation sites excluding steroid dienone is 4. The quantitative estimate of drug-likeness (QED) is 0.340. The molecule has 0 aromatic heterocycles. The molecule has 1 aromatic rings. The van der Waals surface area contributed by atoms with E-state index in [1.165, 1.54) is 48.1 Å². The van der Waals surface area contributed by atoms with Crippen molar-refractivity contribution in [3.8, 4) is 0 Å². The van der Waals surface area contributed by atoms with E-state index in [1.54, 1.807) is 11.9 Å². The van der Waals surface area contributed by atoms with Gasteiger partial charge in [0.25, 0.3) is 0 Å². The molecule has 2 aliphatic carbocycles. The van der Waals surface area contributed by atoms with Gasteiger partial charge in [-0.25, -0.2) is 0 Å². The Bertz CT molecular complexity index is 935. The lowest BCUT2D eigenvalue weighted by molar-refractivity contribution is 0.366. The highest BCUT2D eigenvalue weighted by Gasteiger charge is 2.25. The molecule has 204 valence electrons. The van der Waals surface area contributed by atoms with Crippen molar-refractivity contribution < 1.29 is 0 Å². The summed E-state index contributed by atoms with van der Waals surface area (Å²) in [5, 5.41) is 6.91. The smallest absolute Gasteiger partial charge is 0.197 e. The number of fused-ring (bicyclic) bond motifs is 1. The van der Waals surface area contributed by atoms with Crippen LogP contribution in [0.15, 0.2) is 75.1 Å². The van der Waals surface area contributed by atoms with Gasteiger partial charge in [0, 0.05) is 23.1 Å².